The Balaban J connectivity index is 0.00000264. The Morgan fingerprint density at radius 2 is 2.09 bits per heavy atom. The zero-order valence-corrected chi connectivity index (χ0v) is 14.9. The molecule has 0 atom stereocenters. The van der Waals surface area contributed by atoms with Crippen molar-refractivity contribution in [2.75, 3.05) is 38.5 Å². The van der Waals surface area contributed by atoms with Crippen LogP contribution in [0.25, 0.3) is 0 Å². The molecule has 1 aromatic rings. The normalized spacial score (nSPS) is 16.0. The van der Waals surface area contributed by atoms with Crippen molar-refractivity contribution in [3.63, 3.8) is 0 Å². The Hall–Kier alpha value is -0.880. The topological polar surface area (TPSA) is 44.4 Å². The summed E-state index contributed by atoms with van der Waals surface area (Å²) in [6.07, 6.45) is 3.47. The highest BCUT2D eigenvalue weighted by atomic mass is 35.5. The van der Waals surface area contributed by atoms with E-state index in [4.69, 9.17) is 11.6 Å². The highest BCUT2D eigenvalue weighted by Gasteiger charge is 2.20. The average molecular weight is 364 g/mol. The lowest BCUT2D eigenvalue weighted by molar-refractivity contribution is -0.117. The predicted molar refractivity (Wildman–Crippen MR) is 95.0 cm³/mol. The number of carbonyl (C=O) groups excluding carboxylic acids is 1. The third kappa shape index (κ3) is 6.63. The summed E-state index contributed by atoms with van der Waals surface area (Å²) in [6, 6.07) is 4.20. The van der Waals surface area contributed by atoms with Gasteiger partial charge in [-0.25, -0.2) is 4.39 Å². The Bertz CT molecular complexity index is 508. The number of carbonyl (C=O) groups is 1. The molecule has 0 radical (unpaired) electrons. The van der Waals surface area contributed by atoms with E-state index in [1.54, 1.807) is 0 Å². The second-order valence-electron chi connectivity index (χ2n) is 5.79. The minimum Gasteiger partial charge on any atom is -0.325 e. The number of benzene rings is 1. The van der Waals surface area contributed by atoms with Gasteiger partial charge < -0.3 is 10.6 Å². The van der Waals surface area contributed by atoms with E-state index < -0.39 is 5.82 Å². The van der Waals surface area contributed by atoms with E-state index in [0.717, 1.165) is 38.4 Å². The number of halogens is 3. The fourth-order valence-electron chi connectivity index (χ4n) is 2.76. The molecular formula is C16H24Cl2FN3O. The van der Waals surface area contributed by atoms with E-state index in [1.807, 2.05) is 7.05 Å². The highest BCUT2D eigenvalue weighted by molar-refractivity contribution is 6.31. The van der Waals surface area contributed by atoms with Gasteiger partial charge in [-0.15, -0.1) is 12.4 Å². The Morgan fingerprint density at radius 1 is 1.39 bits per heavy atom. The number of piperidine rings is 1. The van der Waals surface area contributed by atoms with Gasteiger partial charge in [0.15, 0.2) is 0 Å². The Labute approximate surface area is 148 Å². The summed E-state index contributed by atoms with van der Waals surface area (Å²) in [5, 5.41) is 5.96. The lowest BCUT2D eigenvalue weighted by Gasteiger charge is -2.31. The van der Waals surface area contributed by atoms with Crippen molar-refractivity contribution in [3.8, 4) is 0 Å². The van der Waals surface area contributed by atoms with Crippen molar-refractivity contribution in [2.24, 2.45) is 5.92 Å². The number of likely N-dealkylation sites (tertiary alicyclic amines) is 1. The van der Waals surface area contributed by atoms with E-state index >= 15 is 0 Å². The number of rotatable bonds is 6. The van der Waals surface area contributed by atoms with E-state index in [2.05, 4.69) is 15.5 Å². The second-order valence-corrected chi connectivity index (χ2v) is 6.20. The molecule has 2 N–H and O–H groups in total. The molecule has 1 amide bonds. The molecule has 23 heavy (non-hydrogen) atoms. The molecule has 1 aliphatic heterocycles. The van der Waals surface area contributed by atoms with Gasteiger partial charge in [0.1, 0.15) is 5.82 Å². The van der Waals surface area contributed by atoms with Gasteiger partial charge >= 0.3 is 0 Å². The maximum absolute atomic E-state index is 13.1. The molecule has 130 valence electrons. The van der Waals surface area contributed by atoms with Crippen molar-refractivity contribution in [1.29, 1.82) is 0 Å². The third-order valence-corrected chi connectivity index (χ3v) is 4.37. The number of nitrogens with zero attached hydrogens (tertiary/aromatic N) is 1. The first-order valence-corrected chi connectivity index (χ1v) is 8.08. The van der Waals surface area contributed by atoms with Crippen LogP contribution in [0, 0.1) is 11.7 Å². The van der Waals surface area contributed by atoms with Gasteiger partial charge in [0, 0.05) is 5.69 Å². The molecule has 1 aromatic carbocycles. The Kier molecular flexibility index (Phi) is 8.84. The minimum atomic E-state index is -0.483. The number of amides is 1. The summed E-state index contributed by atoms with van der Waals surface area (Å²) >= 11 is 5.71. The zero-order valence-electron chi connectivity index (χ0n) is 13.3. The quantitative estimate of drug-likeness (QED) is 0.815. The predicted octanol–water partition coefficient (Wildman–Crippen LogP) is 3.16. The lowest BCUT2D eigenvalue weighted by atomic mass is 9.93. The lowest BCUT2D eigenvalue weighted by Crippen LogP contribution is -2.39. The van der Waals surface area contributed by atoms with Crippen LogP contribution in [0.3, 0.4) is 0 Å². The van der Waals surface area contributed by atoms with Gasteiger partial charge in [-0.3, -0.25) is 9.69 Å². The SMILES string of the molecule is CNCCC1CCN(CC(=O)Nc2ccc(F)c(Cl)c2)CC1.Cl. The summed E-state index contributed by atoms with van der Waals surface area (Å²) in [4.78, 5) is 14.2. The minimum absolute atomic E-state index is 0. The van der Waals surface area contributed by atoms with Crippen LogP contribution in [-0.4, -0.2) is 44.0 Å². The summed E-state index contributed by atoms with van der Waals surface area (Å²) < 4.78 is 13.1. The number of hydrogen-bond acceptors (Lipinski definition) is 3. The number of anilines is 1. The molecule has 1 fully saturated rings. The van der Waals surface area contributed by atoms with Crippen LogP contribution in [0.2, 0.25) is 5.02 Å². The fraction of sp³-hybridized carbons (Fsp3) is 0.562. The molecule has 7 heteroatoms. The van der Waals surface area contributed by atoms with Crippen LogP contribution in [0.5, 0.6) is 0 Å². The summed E-state index contributed by atoms with van der Waals surface area (Å²) in [6.45, 7) is 3.32. The number of nitrogens with one attached hydrogen (secondary N) is 2. The molecule has 0 aromatic heterocycles. The van der Waals surface area contributed by atoms with Crippen LogP contribution >= 0.6 is 24.0 Å². The van der Waals surface area contributed by atoms with E-state index in [0.29, 0.717) is 12.2 Å². The zero-order chi connectivity index (χ0) is 15.9. The van der Waals surface area contributed by atoms with E-state index in [1.165, 1.54) is 24.6 Å². The molecule has 0 unspecified atom stereocenters. The highest BCUT2D eigenvalue weighted by Crippen LogP contribution is 2.21. The van der Waals surface area contributed by atoms with Crippen molar-refractivity contribution < 1.29 is 9.18 Å². The van der Waals surface area contributed by atoms with Crippen LogP contribution in [0.4, 0.5) is 10.1 Å². The second kappa shape index (κ2) is 10.1. The molecule has 0 saturated carbocycles. The molecule has 0 bridgehead atoms. The maximum Gasteiger partial charge on any atom is 0.238 e. The average Bonchev–Trinajstić information content (AvgIpc) is 2.50. The standard InChI is InChI=1S/C16H23ClFN3O.ClH/c1-19-7-4-12-5-8-21(9-6-12)11-16(22)20-13-2-3-15(18)14(17)10-13;/h2-3,10,12,19H,4-9,11H2,1H3,(H,20,22);1H. The molecule has 0 aliphatic carbocycles. The van der Waals surface area contributed by atoms with Crippen molar-refractivity contribution in [2.45, 2.75) is 19.3 Å². The van der Waals surface area contributed by atoms with Crippen LogP contribution < -0.4 is 10.6 Å². The van der Waals surface area contributed by atoms with Crippen LogP contribution in [-0.2, 0) is 4.79 Å². The Morgan fingerprint density at radius 3 is 2.70 bits per heavy atom. The molecule has 4 nitrogen and oxygen atoms in total. The largest absolute Gasteiger partial charge is 0.325 e. The van der Waals surface area contributed by atoms with Gasteiger partial charge in [-0.2, -0.15) is 0 Å². The first-order chi connectivity index (χ1) is 10.6. The van der Waals surface area contributed by atoms with Crippen molar-refractivity contribution >= 4 is 35.6 Å². The molecule has 1 aliphatic rings. The first-order valence-electron chi connectivity index (χ1n) is 7.70. The first kappa shape index (κ1) is 20.2. The molecular weight excluding hydrogens is 340 g/mol. The van der Waals surface area contributed by atoms with Crippen LogP contribution in [0.1, 0.15) is 19.3 Å². The van der Waals surface area contributed by atoms with E-state index in [-0.39, 0.29) is 23.3 Å². The monoisotopic (exact) mass is 363 g/mol. The van der Waals surface area contributed by atoms with Crippen molar-refractivity contribution in [1.82, 2.24) is 10.2 Å². The number of hydrogen-bond donors (Lipinski definition) is 2. The van der Waals surface area contributed by atoms with Gasteiger partial charge in [0.2, 0.25) is 5.91 Å². The van der Waals surface area contributed by atoms with Crippen molar-refractivity contribution in [3.05, 3.63) is 29.0 Å². The smallest absolute Gasteiger partial charge is 0.238 e. The molecule has 0 spiro atoms. The molecule has 1 saturated heterocycles. The van der Waals surface area contributed by atoms with Gasteiger partial charge in [-0.1, -0.05) is 11.6 Å². The van der Waals surface area contributed by atoms with Crippen LogP contribution in [0.15, 0.2) is 18.2 Å². The maximum atomic E-state index is 13.1. The third-order valence-electron chi connectivity index (χ3n) is 4.08. The summed E-state index contributed by atoms with van der Waals surface area (Å²) in [5.74, 6) is 0.183. The summed E-state index contributed by atoms with van der Waals surface area (Å²) in [7, 11) is 1.97. The van der Waals surface area contributed by atoms with Gasteiger partial charge in [-0.05, 0) is 70.1 Å². The molecule has 2 rings (SSSR count). The molecule has 1 heterocycles. The summed E-state index contributed by atoms with van der Waals surface area (Å²) in [5.41, 5.74) is 0.528. The van der Waals surface area contributed by atoms with Gasteiger partial charge in [0.05, 0.1) is 11.6 Å². The fourth-order valence-corrected chi connectivity index (χ4v) is 2.94. The van der Waals surface area contributed by atoms with Gasteiger partial charge in [0.25, 0.3) is 0 Å². The van der Waals surface area contributed by atoms with E-state index in [9.17, 15) is 9.18 Å².